The number of hydrazone groups is 1. The number of nitrogens with zero attached hydrogens (tertiary/aromatic N) is 3. The number of rotatable bonds is 5. The average Bonchev–Trinajstić information content (AvgIpc) is 3.22. The molecule has 0 unspecified atom stereocenters. The summed E-state index contributed by atoms with van der Waals surface area (Å²) in [5.41, 5.74) is 6.23. The number of nitrogens with one attached hydrogen (secondary N) is 2. The summed E-state index contributed by atoms with van der Waals surface area (Å²) in [7, 11) is 1.70. The van der Waals surface area contributed by atoms with E-state index in [-0.39, 0.29) is 11.8 Å². The summed E-state index contributed by atoms with van der Waals surface area (Å²) in [6, 6.07) is 8.79. The largest absolute Gasteiger partial charge is 0.469 e. The molecule has 0 aliphatic carbocycles. The second-order valence-electron chi connectivity index (χ2n) is 6.43. The minimum atomic E-state index is -0.362. The second-order valence-corrected chi connectivity index (χ2v) is 7.22. The highest BCUT2D eigenvalue weighted by atomic mass is 79.9. The maximum atomic E-state index is 12.4. The van der Waals surface area contributed by atoms with E-state index < -0.39 is 0 Å². The second kappa shape index (κ2) is 8.44. The van der Waals surface area contributed by atoms with Crippen LogP contribution in [0.3, 0.4) is 0 Å². The zero-order chi connectivity index (χ0) is 21.1. The van der Waals surface area contributed by atoms with Gasteiger partial charge in [-0.05, 0) is 60.5 Å². The Bertz CT molecular complexity index is 1100. The van der Waals surface area contributed by atoms with E-state index in [1.807, 2.05) is 19.1 Å². The minimum absolute atomic E-state index is 0.237. The van der Waals surface area contributed by atoms with Gasteiger partial charge in [0.15, 0.2) is 0 Å². The van der Waals surface area contributed by atoms with Crippen molar-refractivity contribution in [2.75, 3.05) is 5.32 Å². The molecule has 2 N–H and O–H groups in total. The van der Waals surface area contributed by atoms with Gasteiger partial charge in [-0.3, -0.25) is 14.3 Å². The van der Waals surface area contributed by atoms with Crippen LogP contribution >= 0.6 is 15.9 Å². The number of halogens is 1. The highest BCUT2D eigenvalue weighted by Crippen LogP contribution is 2.20. The zero-order valence-corrected chi connectivity index (χ0v) is 18.0. The molecule has 1 aromatic carbocycles. The number of hydrogen-bond acceptors (Lipinski definition) is 5. The fourth-order valence-corrected chi connectivity index (χ4v) is 3.26. The first kappa shape index (κ1) is 20.5. The maximum absolute atomic E-state index is 12.4. The van der Waals surface area contributed by atoms with Gasteiger partial charge in [-0.1, -0.05) is 12.1 Å². The molecule has 0 spiro atoms. The van der Waals surface area contributed by atoms with Crippen LogP contribution in [0.15, 0.2) is 50.6 Å². The van der Waals surface area contributed by atoms with Crippen LogP contribution in [0.1, 0.15) is 44.8 Å². The lowest BCUT2D eigenvalue weighted by Crippen LogP contribution is -2.22. The molecule has 3 aromatic rings. The summed E-state index contributed by atoms with van der Waals surface area (Å²) in [5.74, 6) is -0.0366. The van der Waals surface area contributed by atoms with Crippen molar-refractivity contribution >= 4 is 39.1 Å². The number of anilines is 1. The van der Waals surface area contributed by atoms with Crippen LogP contribution in [0.25, 0.3) is 0 Å². The Morgan fingerprint density at radius 3 is 2.38 bits per heavy atom. The molecular formula is C20H20BrN5O3. The van der Waals surface area contributed by atoms with Gasteiger partial charge >= 0.3 is 0 Å². The Morgan fingerprint density at radius 2 is 1.83 bits per heavy atom. The molecule has 0 aliphatic rings. The summed E-state index contributed by atoms with van der Waals surface area (Å²) < 4.78 is 7.28. The Labute approximate surface area is 176 Å². The first-order chi connectivity index (χ1) is 13.8. The fourth-order valence-electron chi connectivity index (χ4n) is 2.74. The Balaban J connectivity index is 1.66. The van der Waals surface area contributed by atoms with Crippen LogP contribution in [0.4, 0.5) is 5.69 Å². The summed E-state index contributed by atoms with van der Waals surface area (Å²) in [4.78, 5) is 24.6. The molecule has 2 heterocycles. The molecule has 2 amide bonds. The zero-order valence-electron chi connectivity index (χ0n) is 16.4. The van der Waals surface area contributed by atoms with E-state index in [2.05, 4.69) is 36.9 Å². The van der Waals surface area contributed by atoms with Crippen LogP contribution < -0.4 is 10.7 Å². The quantitative estimate of drug-likeness (QED) is 0.449. The van der Waals surface area contributed by atoms with Crippen LogP contribution in [-0.2, 0) is 7.05 Å². The van der Waals surface area contributed by atoms with Gasteiger partial charge in [-0.15, -0.1) is 0 Å². The molecular weight excluding hydrogens is 438 g/mol. The van der Waals surface area contributed by atoms with Crippen molar-refractivity contribution < 1.29 is 14.0 Å². The van der Waals surface area contributed by atoms with Crippen molar-refractivity contribution in [3.05, 3.63) is 69.3 Å². The monoisotopic (exact) mass is 457 g/mol. The normalized spacial score (nSPS) is 11.4. The van der Waals surface area contributed by atoms with E-state index in [1.165, 1.54) is 10.9 Å². The van der Waals surface area contributed by atoms with E-state index in [0.717, 1.165) is 11.3 Å². The van der Waals surface area contributed by atoms with Crippen LogP contribution in [-0.4, -0.2) is 27.3 Å². The molecule has 3 rings (SSSR count). The molecule has 2 aromatic heterocycles. The van der Waals surface area contributed by atoms with E-state index in [0.29, 0.717) is 32.9 Å². The summed E-state index contributed by atoms with van der Waals surface area (Å²) in [6.07, 6.45) is 1.48. The molecule has 0 aliphatic heterocycles. The Hall–Kier alpha value is -3.20. The molecule has 0 fully saturated rings. The predicted molar refractivity (Wildman–Crippen MR) is 113 cm³/mol. The average molecular weight is 458 g/mol. The number of benzene rings is 1. The highest BCUT2D eigenvalue weighted by molar-refractivity contribution is 9.10. The number of amides is 2. The summed E-state index contributed by atoms with van der Waals surface area (Å²) in [6.45, 7) is 5.33. The number of aryl methyl sites for hydroxylation is 3. The lowest BCUT2D eigenvalue weighted by atomic mass is 10.1. The highest BCUT2D eigenvalue weighted by Gasteiger charge is 2.18. The molecule has 9 heteroatoms. The van der Waals surface area contributed by atoms with Crippen molar-refractivity contribution in [2.24, 2.45) is 12.1 Å². The van der Waals surface area contributed by atoms with Gasteiger partial charge in [0.2, 0.25) is 0 Å². The number of carbonyl (C=O) groups excluding carboxylic acids is 2. The van der Waals surface area contributed by atoms with Gasteiger partial charge in [0.05, 0.1) is 27.7 Å². The summed E-state index contributed by atoms with van der Waals surface area (Å²) >= 11 is 3.37. The molecule has 8 nitrogen and oxygen atoms in total. The van der Waals surface area contributed by atoms with Crippen LogP contribution in [0, 0.1) is 13.8 Å². The predicted octanol–water partition coefficient (Wildman–Crippen LogP) is 3.80. The van der Waals surface area contributed by atoms with Crippen molar-refractivity contribution in [2.45, 2.75) is 20.8 Å². The van der Waals surface area contributed by atoms with Crippen molar-refractivity contribution in [3.63, 3.8) is 0 Å². The minimum Gasteiger partial charge on any atom is -0.469 e. The van der Waals surface area contributed by atoms with Crippen molar-refractivity contribution in [1.82, 2.24) is 15.2 Å². The number of aromatic nitrogens is 2. The first-order valence-corrected chi connectivity index (χ1v) is 9.57. The van der Waals surface area contributed by atoms with E-state index in [4.69, 9.17) is 4.42 Å². The topological polar surface area (TPSA) is 102 Å². The molecule has 29 heavy (non-hydrogen) atoms. The smallest absolute Gasteiger partial charge is 0.290 e. The Kier molecular flexibility index (Phi) is 5.97. The molecule has 0 atom stereocenters. The molecule has 150 valence electrons. The van der Waals surface area contributed by atoms with Crippen molar-refractivity contribution in [3.8, 4) is 0 Å². The molecule has 0 bridgehead atoms. The first-order valence-electron chi connectivity index (χ1n) is 8.77. The third-order valence-corrected chi connectivity index (χ3v) is 5.30. The Morgan fingerprint density at radius 1 is 1.14 bits per heavy atom. The van der Waals surface area contributed by atoms with E-state index >= 15 is 0 Å². The third-order valence-electron chi connectivity index (χ3n) is 4.35. The third kappa shape index (κ3) is 4.45. The number of carbonyl (C=O) groups is 2. The fraction of sp³-hybridized carbons (Fsp3) is 0.200. The van der Waals surface area contributed by atoms with Gasteiger partial charge in [-0.2, -0.15) is 10.2 Å². The lowest BCUT2D eigenvalue weighted by Gasteiger charge is -2.07. The van der Waals surface area contributed by atoms with Gasteiger partial charge in [0.25, 0.3) is 11.8 Å². The number of hydrogen-bond donors (Lipinski definition) is 2. The van der Waals surface area contributed by atoms with Crippen molar-refractivity contribution in [1.29, 1.82) is 0 Å². The maximum Gasteiger partial charge on any atom is 0.290 e. The molecule has 0 radical (unpaired) electrons. The van der Waals surface area contributed by atoms with Gasteiger partial charge in [-0.25, -0.2) is 5.43 Å². The number of furan rings is 1. The van der Waals surface area contributed by atoms with Gasteiger partial charge in [0.1, 0.15) is 11.5 Å². The lowest BCUT2D eigenvalue weighted by molar-refractivity contribution is 0.0943. The van der Waals surface area contributed by atoms with E-state index in [9.17, 15) is 9.59 Å². The van der Waals surface area contributed by atoms with Gasteiger partial charge in [0, 0.05) is 12.7 Å². The standard InChI is InChI=1S/C20H20BrN5O3/c1-11(23-24-20(28)18-17(21)12(2)25-26(18)4)14-5-7-15(8-6-14)22-19(27)16-9-10-29-13(16)3/h5-10H,1-4H3,(H,22,27)(H,24,28)/b23-11-. The molecule has 0 saturated heterocycles. The van der Waals surface area contributed by atoms with Gasteiger partial charge < -0.3 is 9.73 Å². The van der Waals surface area contributed by atoms with Crippen LogP contribution in [0.5, 0.6) is 0 Å². The molecule has 0 saturated carbocycles. The van der Waals surface area contributed by atoms with Crippen LogP contribution in [0.2, 0.25) is 0 Å². The van der Waals surface area contributed by atoms with E-state index in [1.54, 1.807) is 39.1 Å². The summed E-state index contributed by atoms with van der Waals surface area (Å²) in [5, 5.41) is 11.2. The SMILES string of the molecule is C/C(=N/NC(=O)c1c(Br)c(C)nn1C)c1ccc(NC(=O)c2ccoc2C)cc1.